The van der Waals surface area contributed by atoms with Gasteiger partial charge in [0.2, 0.25) is 0 Å². The molecule has 0 radical (unpaired) electrons. The van der Waals surface area contributed by atoms with Crippen molar-refractivity contribution in [2.24, 2.45) is 14.1 Å². The maximum atomic E-state index is 10.8. The summed E-state index contributed by atoms with van der Waals surface area (Å²) in [7, 11) is 3.43. The number of nitrogens with zero attached hydrogens (tertiary/aromatic N) is 2. The van der Waals surface area contributed by atoms with Gasteiger partial charge in [-0.25, -0.2) is 0 Å². The van der Waals surface area contributed by atoms with Crippen molar-refractivity contribution in [1.82, 2.24) is 9.36 Å². The highest BCUT2D eigenvalue weighted by molar-refractivity contribution is 5.31. The lowest BCUT2D eigenvalue weighted by molar-refractivity contribution is 0.579. The number of hydrogen-bond acceptors (Lipinski definition) is 2. The van der Waals surface area contributed by atoms with Crippen LogP contribution in [-0.4, -0.2) is 9.36 Å². The minimum Gasteiger partial charge on any atom is -0.393 e. The molecule has 9 heavy (non-hydrogen) atoms. The molecular weight excluding hydrogens is 118 g/mol. The summed E-state index contributed by atoms with van der Waals surface area (Å²) in [5, 5.41) is 0. The van der Waals surface area contributed by atoms with Crippen molar-refractivity contribution in [3.8, 4) is 0 Å². The number of rotatable bonds is 0. The topological polar surface area (TPSA) is 52.9 Å². The summed E-state index contributed by atoms with van der Waals surface area (Å²) in [6, 6.07) is 0. The molecule has 1 aromatic heterocycles. The molecule has 0 unspecified atom stereocenters. The Hall–Kier alpha value is -1.19. The molecule has 0 amide bonds. The van der Waals surface area contributed by atoms with E-state index < -0.39 is 0 Å². The van der Waals surface area contributed by atoms with Gasteiger partial charge in [-0.2, -0.15) is 0 Å². The summed E-state index contributed by atoms with van der Waals surface area (Å²) < 4.78 is 3.08. The monoisotopic (exact) mass is 127 g/mol. The highest BCUT2D eigenvalue weighted by Crippen LogP contribution is 1.88. The van der Waals surface area contributed by atoms with E-state index in [1.54, 1.807) is 25.0 Å². The highest BCUT2D eigenvalue weighted by atomic mass is 16.1. The number of aromatic nitrogens is 2. The van der Waals surface area contributed by atoms with Crippen LogP contribution < -0.4 is 11.3 Å². The second kappa shape index (κ2) is 1.65. The zero-order valence-corrected chi connectivity index (χ0v) is 5.46. The minimum atomic E-state index is -0.141. The quantitative estimate of drug-likeness (QED) is 0.501. The van der Waals surface area contributed by atoms with Gasteiger partial charge in [-0.15, -0.1) is 0 Å². The van der Waals surface area contributed by atoms with Crippen LogP contribution in [0.15, 0.2) is 11.0 Å². The van der Waals surface area contributed by atoms with Gasteiger partial charge in [0.25, 0.3) is 5.56 Å². The Labute approximate surface area is 52.5 Å². The van der Waals surface area contributed by atoms with E-state index in [0.29, 0.717) is 5.69 Å². The predicted octanol–water partition coefficient (Wildman–Crippen LogP) is -0.694. The van der Waals surface area contributed by atoms with Gasteiger partial charge in [0.05, 0.1) is 0 Å². The van der Waals surface area contributed by atoms with Crippen LogP contribution in [0, 0.1) is 0 Å². The Morgan fingerprint density at radius 1 is 1.56 bits per heavy atom. The van der Waals surface area contributed by atoms with E-state index in [0.717, 1.165) is 0 Å². The Kier molecular flexibility index (Phi) is 1.09. The zero-order chi connectivity index (χ0) is 7.02. The maximum absolute atomic E-state index is 10.8. The summed E-state index contributed by atoms with van der Waals surface area (Å²) >= 11 is 0. The first-order valence-corrected chi connectivity index (χ1v) is 2.61. The van der Waals surface area contributed by atoms with E-state index in [1.165, 1.54) is 4.68 Å². The average Bonchev–Trinajstić information content (AvgIpc) is 1.98. The third-order valence-electron chi connectivity index (χ3n) is 1.34. The molecule has 2 N–H and O–H groups in total. The summed E-state index contributed by atoms with van der Waals surface area (Å²) in [5.74, 6) is 0. The van der Waals surface area contributed by atoms with Crippen LogP contribution in [0.4, 0.5) is 5.69 Å². The summed E-state index contributed by atoms with van der Waals surface area (Å²) in [6.45, 7) is 0. The molecule has 0 aliphatic carbocycles. The highest BCUT2D eigenvalue weighted by Gasteiger charge is 1.98. The number of nitrogen functional groups attached to an aromatic ring is 1. The molecule has 1 aromatic rings. The van der Waals surface area contributed by atoms with Crippen LogP contribution in [0.25, 0.3) is 0 Å². The van der Waals surface area contributed by atoms with Gasteiger partial charge in [0, 0.05) is 20.3 Å². The van der Waals surface area contributed by atoms with Gasteiger partial charge in [-0.1, -0.05) is 0 Å². The molecule has 0 atom stereocenters. The van der Waals surface area contributed by atoms with Crippen molar-refractivity contribution in [3.63, 3.8) is 0 Å². The Balaban J connectivity index is 3.48. The van der Waals surface area contributed by atoms with E-state index in [-0.39, 0.29) is 5.56 Å². The Morgan fingerprint density at radius 3 is 2.22 bits per heavy atom. The van der Waals surface area contributed by atoms with Crippen LogP contribution in [0.2, 0.25) is 0 Å². The van der Waals surface area contributed by atoms with Gasteiger partial charge in [-0.05, 0) is 0 Å². The SMILES string of the molecule is Cn1cc(N)c(=O)n1C. The molecule has 0 spiro atoms. The molecule has 4 nitrogen and oxygen atoms in total. The maximum Gasteiger partial charge on any atom is 0.289 e. The van der Waals surface area contributed by atoms with Crippen LogP contribution >= 0.6 is 0 Å². The molecule has 50 valence electrons. The van der Waals surface area contributed by atoms with E-state index in [4.69, 9.17) is 5.73 Å². The zero-order valence-electron chi connectivity index (χ0n) is 5.46. The first kappa shape index (κ1) is 5.94. The van der Waals surface area contributed by atoms with Crippen molar-refractivity contribution in [1.29, 1.82) is 0 Å². The first-order chi connectivity index (χ1) is 4.13. The lowest BCUT2D eigenvalue weighted by Gasteiger charge is -1.94. The van der Waals surface area contributed by atoms with Crippen molar-refractivity contribution >= 4 is 5.69 Å². The fraction of sp³-hybridized carbons (Fsp3) is 0.400. The van der Waals surface area contributed by atoms with Crippen molar-refractivity contribution < 1.29 is 0 Å². The van der Waals surface area contributed by atoms with E-state index in [9.17, 15) is 4.79 Å². The predicted molar refractivity (Wildman–Crippen MR) is 35.1 cm³/mol. The standard InChI is InChI=1S/C5H9N3O/c1-7-3-4(6)5(9)8(7)2/h3H,6H2,1-2H3. The molecule has 0 fully saturated rings. The van der Waals surface area contributed by atoms with Gasteiger partial charge in [0.1, 0.15) is 5.69 Å². The Morgan fingerprint density at radius 2 is 2.11 bits per heavy atom. The van der Waals surface area contributed by atoms with Crippen LogP contribution in [-0.2, 0) is 14.1 Å². The molecular formula is C5H9N3O. The summed E-state index contributed by atoms with van der Waals surface area (Å²) in [6.07, 6.45) is 1.59. The normalized spacial score (nSPS) is 10.0. The third kappa shape index (κ3) is 0.718. The van der Waals surface area contributed by atoms with Crippen LogP contribution in [0.5, 0.6) is 0 Å². The molecule has 0 aliphatic heterocycles. The number of nitrogens with two attached hydrogens (primary N) is 1. The molecule has 0 aliphatic rings. The van der Waals surface area contributed by atoms with Crippen molar-refractivity contribution in [2.75, 3.05) is 5.73 Å². The van der Waals surface area contributed by atoms with Crippen LogP contribution in [0.1, 0.15) is 0 Å². The van der Waals surface area contributed by atoms with Gasteiger partial charge in [0.15, 0.2) is 0 Å². The Bertz CT molecular complexity index is 270. The minimum absolute atomic E-state index is 0.141. The van der Waals surface area contributed by atoms with Gasteiger partial charge < -0.3 is 5.73 Å². The smallest absolute Gasteiger partial charge is 0.289 e. The van der Waals surface area contributed by atoms with E-state index in [1.807, 2.05) is 0 Å². The lowest BCUT2D eigenvalue weighted by atomic mass is 10.6. The molecule has 4 heteroatoms. The molecule has 0 bridgehead atoms. The number of hydrogen-bond donors (Lipinski definition) is 1. The summed E-state index contributed by atoms with van der Waals surface area (Å²) in [5.41, 5.74) is 5.44. The second-order valence-corrected chi connectivity index (χ2v) is 1.99. The molecule has 1 heterocycles. The number of aryl methyl sites for hydroxylation is 1. The average molecular weight is 127 g/mol. The van der Waals surface area contributed by atoms with Crippen molar-refractivity contribution in [2.45, 2.75) is 0 Å². The summed E-state index contributed by atoms with van der Waals surface area (Å²) in [4.78, 5) is 10.8. The van der Waals surface area contributed by atoms with E-state index in [2.05, 4.69) is 0 Å². The second-order valence-electron chi connectivity index (χ2n) is 1.99. The van der Waals surface area contributed by atoms with Crippen molar-refractivity contribution in [3.05, 3.63) is 16.6 Å². The molecule has 1 rings (SSSR count). The molecule has 0 saturated carbocycles. The number of anilines is 1. The van der Waals surface area contributed by atoms with Gasteiger partial charge >= 0.3 is 0 Å². The third-order valence-corrected chi connectivity index (χ3v) is 1.34. The fourth-order valence-corrected chi connectivity index (χ4v) is 0.673. The lowest BCUT2D eigenvalue weighted by Crippen LogP contribution is -2.18. The largest absolute Gasteiger partial charge is 0.393 e. The van der Waals surface area contributed by atoms with E-state index >= 15 is 0 Å². The van der Waals surface area contributed by atoms with Gasteiger partial charge in [-0.3, -0.25) is 14.2 Å². The first-order valence-electron chi connectivity index (χ1n) is 2.61. The molecule has 0 aromatic carbocycles. The fourth-order valence-electron chi connectivity index (χ4n) is 0.673. The van der Waals surface area contributed by atoms with Crippen LogP contribution in [0.3, 0.4) is 0 Å². The molecule has 0 saturated heterocycles.